The van der Waals surface area contributed by atoms with E-state index >= 15 is 0 Å². The van der Waals surface area contributed by atoms with Gasteiger partial charge in [-0.25, -0.2) is 8.78 Å². The molecule has 0 aromatic carbocycles. The molecule has 1 aromatic rings. The first kappa shape index (κ1) is 12.6. The summed E-state index contributed by atoms with van der Waals surface area (Å²) in [4.78, 5) is 4.03. The molecule has 0 bridgehead atoms. The molecule has 0 fully saturated rings. The molecule has 0 unspecified atom stereocenters. The SMILES string of the molecule is N#CCc1cc(C(F)F)c(I)c(CCl)n1. The van der Waals surface area contributed by atoms with Crippen molar-refractivity contribution in [2.24, 2.45) is 0 Å². The van der Waals surface area contributed by atoms with E-state index in [1.807, 2.05) is 6.07 Å². The molecule has 1 rings (SSSR count). The first-order valence-electron chi connectivity index (χ1n) is 3.99. The van der Waals surface area contributed by atoms with E-state index < -0.39 is 6.43 Å². The van der Waals surface area contributed by atoms with Crippen LogP contribution in [0.2, 0.25) is 0 Å². The fourth-order valence-electron chi connectivity index (χ4n) is 1.08. The lowest BCUT2D eigenvalue weighted by atomic mass is 10.2. The van der Waals surface area contributed by atoms with Gasteiger partial charge in [0.05, 0.1) is 29.8 Å². The predicted molar refractivity (Wildman–Crippen MR) is 60.8 cm³/mol. The summed E-state index contributed by atoms with van der Waals surface area (Å²) in [5.74, 6) is 0.0667. The summed E-state index contributed by atoms with van der Waals surface area (Å²) < 4.78 is 25.6. The Bertz CT molecular complexity index is 404. The Morgan fingerprint density at radius 3 is 2.73 bits per heavy atom. The number of halogens is 4. The van der Waals surface area contributed by atoms with Crippen molar-refractivity contribution in [1.82, 2.24) is 4.98 Å². The maximum absolute atomic E-state index is 12.6. The van der Waals surface area contributed by atoms with E-state index in [2.05, 4.69) is 4.98 Å². The van der Waals surface area contributed by atoms with E-state index in [1.54, 1.807) is 22.6 Å². The topological polar surface area (TPSA) is 36.7 Å². The normalized spacial score (nSPS) is 10.4. The third-order valence-corrected chi connectivity index (χ3v) is 3.23. The van der Waals surface area contributed by atoms with Crippen LogP contribution in [0.4, 0.5) is 8.78 Å². The zero-order valence-corrected chi connectivity index (χ0v) is 10.4. The van der Waals surface area contributed by atoms with Crippen molar-refractivity contribution < 1.29 is 8.78 Å². The Labute approximate surface area is 104 Å². The van der Waals surface area contributed by atoms with Crippen LogP contribution in [0.3, 0.4) is 0 Å². The number of hydrogen-bond acceptors (Lipinski definition) is 2. The summed E-state index contributed by atoms with van der Waals surface area (Å²) in [7, 11) is 0. The highest BCUT2D eigenvalue weighted by Crippen LogP contribution is 2.27. The summed E-state index contributed by atoms with van der Waals surface area (Å²) in [6.07, 6.45) is -2.56. The van der Waals surface area contributed by atoms with Crippen LogP contribution in [0, 0.1) is 14.9 Å². The summed E-state index contributed by atoms with van der Waals surface area (Å²) in [5, 5.41) is 8.47. The average Bonchev–Trinajstić information content (AvgIpc) is 2.20. The van der Waals surface area contributed by atoms with Crippen LogP contribution in [-0.2, 0) is 12.3 Å². The minimum Gasteiger partial charge on any atom is -0.254 e. The molecule has 0 amide bonds. The van der Waals surface area contributed by atoms with E-state index in [-0.39, 0.29) is 17.9 Å². The van der Waals surface area contributed by atoms with Gasteiger partial charge in [-0.15, -0.1) is 11.6 Å². The molecular formula is C9H6ClF2IN2. The van der Waals surface area contributed by atoms with Gasteiger partial charge >= 0.3 is 0 Å². The van der Waals surface area contributed by atoms with Crippen LogP contribution in [0.5, 0.6) is 0 Å². The molecular weight excluding hydrogens is 336 g/mol. The molecule has 0 aliphatic carbocycles. The molecule has 2 nitrogen and oxygen atoms in total. The Kier molecular flexibility index (Phi) is 4.67. The summed E-state index contributed by atoms with van der Waals surface area (Å²) in [6.45, 7) is 0. The Morgan fingerprint density at radius 2 is 2.27 bits per heavy atom. The molecule has 0 radical (unpaired) electrons. The average molecular weight is 343 g/mol. The zero-order chi connectivity index (χ0) is 11.4. The molecule has 0 atom stereocenters. The quantitative estimate of drug-likeness (QED) is 0.623. The minimum atomic E-state index is -2.57. The summed E-state index contributed by atoms with van der Waals surface area (Å²) in [5.41, 5.74) is 0.635. The highest BCUT2D eigenvalue weighted by molar-refractivity contribution is 14.1. The van der Waals surface area contributed by atoms with E-state index in [4.69, 9.17) is 16.9 Å². The second kappa shape index (κ2) is 5.56. The van der Waals surface area contributed by atoms with E-state index in [0.717, 1.165) is 0 Å². The van der Waals surface area contributed by atoms with Crippen LogP contribution in [0.25, 0.3) is 0 Å². The van der Waals surface area contributed by atoms with Gasteiger partial charge in [-0.05, 0) is 28.7 Å². The van der Waals surface area contributed by atoms with Crippen molar-refractivity contribution in [3.63, 3.8) is 0 Å². The lowest BCUT2D eigenvalue weighted by Gasteiger charge is -2.08. The summed E-state index contributed by atoms with van der Waals surface area (Å²) >= 11 is 7.38. The van der Waals surface area contributed by atoms with Gasteiger partial charge in [-0.2, -0.15) is 5.26 Å². The van der Waals surface area contributed by atoms with Gasteiger partial charge in [0.25, 0.3) is 6.43 Å². The first-order valence-corrected chi connectivity index (χ1v) is 5.60. The Balaban J connectivity index is 3.26. The second-order valence-electron chi connectivity index (χ2n) is 2.73. The Morgan fingerprint density at radius 1 is 1.60 bits per heavy atom. The maximum Gasteiger partial charge on any atom is 0.265 e. The number of aromatic nitrogens is 1. The molecule has 1 heterocycles. The van der Waals surface area contributed by atoms with Crippen molar-refractivity contribution >= 4 is 34.2 Å². The predicted octanol–water partition coefficient (Wildman–Crippen LogP) is 3.43. The highest BCUT2D eigenvalue weighted by atomic mass is 127. The van der Waals surface area contributed by atoms with Crippen LogP contribution in [0.1, 0.15) is 23.4 Å². The summed E-state index contributed by atoms with van der Waals surface area (Å²) in [6, 6.07) is 3.12. The van der Waals surface area contributed by atoms with Gasteiger partial charge in [-0.3, -0.25) is 4.98 Å². The lowest BCUT2D eigenvalue weighted by molar-refractivity contribution is 0.150. The second-order valence-corrected chi connectivity index (χ2v) is 4.08. The molecule has 0 aliphatic heterocycles. The monoisotopic (exact) mass is 342 g/mol. The lowest BCUT2D eigenvalue weighted by Crippen LogP contribution is -2.02. The van der Waals surface area contributed by atoms with Gasteiger partial charge in [0.2, 0.25) is 0 Å². The van der Waals surface area contributed by atoms with Gasteiger partial charge < -0.3 is 0 Å². The Hall–Kier alpha value is -0.480. The molecule has 80 valence electrons. The fourth-order valence-corrected chi connectivity index (χ4v) is 2.20. The smallest absolute Gasteiger partial charge is 0.254 e. The molecule has 0 saturated carbocycles. The number of hydrogen-bond donors (Lipinski definition) is 0. The van der Waals surface area contributed by atoms with Crippen LogP contribution in [0.15, 0.2) is 6.07 Å². The standard InChI is InChI=1S/C9H6ClF2IN2/c10-4-7-8(13)6(9(11)12)3-5(15-7)1-2-14/h3,9H,1,4H2. The van der Waals surface area contributed by atoms with Crippen molar-refractivity contribution in [3.05, 3.63) is 26.6 Å². The number of nitrogens with zero attached hydrogens (tertiary/aromatic N) is 2. The number of rotatable bonds is 3. The molecule has 1 aromatic heterocycles. The van der Waals surface area contributed by atoms with Gasteiger partial charge in [0.15, 0.2) is 0 Å². The minimum absolute atomic E-state index is 0.0144. The maximum atomic E-state index is 12.6. The molecule has 0 N–H and O–H groups in total. The largest absolute Gasteiger partial charge is 0.265 e. The van der Waals surface area contributed by atoms with E-state index in [0.29, 0.717) is 15.0 Å². The van der Waals surface area contributed by atoms with E-state index in [9.17, 15) is 8.78 Å². The molecule has 15 heavy (non-hydrogen) atoms. The molecule has 6 heteroatoms. The number of nitriles is 1. The highest BCUT2D eigenvalue weighted by Gasteiger charge is 2.16. The zero-order valence-electron chi connectivity index (χ0n) is 7.48. The fraction of sp³-hybridized carbons (Fsp3) is 0.333. The van der Waals surface area contributed by atoms with Crippen molar-refractivity contribution in [1.29, 1.82) is 5.26 Å². The molecule has 0 aliphatic rings. The van der Waals surface area contributed by atoms with Gasteiger partial charge in [0, 0.05) is 9.13 Å². The van der Waals surface area contributed by atoms with Gasteiger partial charge in [0.1, 0.15) is 0 Å². The van der Waals surface area contributed by atoms with Crippen molar-refractivity contribution in [3.8, 4) is 6.07 Å². The first-order chi connectivity index (χ1) is 7.10. The van der Waals surface area contributed by atoms with Gasteiger partial charge in [-0.1, -0.05) is 0 Å². The molecule has 0 saturated heterocycles. The molecule has 0 spiro atoms. The van der Waals surface area contributed by atoms with Crippen LogP contribution < -0.4 is 0 Å². The van der Waals surface area contributed by atoms with Crippen LogP contribution >= 0.6 is 34.2 Å². The number of alkyl halides is 3. The third kappa shape index (κ3) is 2.98. The van der Waals surface area contributed by atoms with Crippen molar-refractivity contribution in [2.75, 3.05) is 0 Å². The number of pyridine rings is 1. The van der Waals surface area contributed by atoms with E-state index in [1.165, 1.54) is 6.07 Å². The van der Waals surface area contributed by atoms with Crippen LogP contribution in [-0.4, -0.2) is 4.98 Å². The third-order valence-electron chi connectivity index (χ3n) is 1.73. The van der Waals surface area contributed by atoms with Crippen molar-refractivity contribution in [2.45, 2.75) is 18.7 Å².